The van der Waals surface area contributed by atoms with Crippen LogP contribution in [0, 0.1) is 0 Å². The molecule has 1 saturated heterocycles. The molecule has 1 heterocycles. The number of benzene rings is 1. The first kappa shape index (κ1) is 20.0. The highest BCUT2D eigenvalue weighted by molar-refractivity contribution is 7.91. The third-order valence-corrected chi connectivity index (χ3v) is 6.23. The minimum absolute atomic E-state index is 0.0183. The number of likely N-dealkylation sites (N-methyl/N-ethyl adjacent to an activating group) is 1. The first-order valence-electron chi connectivity index (χ1n) is 7.70. The lowest BCUT2D eigenvalue weighted by molar-refractivity contribution is -0.862. The second-order valence-corrected chi connectivity index (χ2v) is 9.20. The maximum Gasteiger partial charge on any atom is 0.279 e. The summed E-state index contributed by atoms with van der Waals surface area (Å²) in [7, 11) is -1.33. The summed E-state index contributed by atoms with van der Waals surface area (Å²) in [6.45, 7) is 0.155. The molecule has 1 unspecified atom stereocenters. The zero-order chi connectivity index (χ0) is 18.6. The van der Waals surface area contributed by atoms with Gasteiger partial charge in [-0.1, -0.05) is 23.2 Å². The van der Waals surface area contributed by atoms with Gasteiger partial charge in [-0.15, -0.1) is 0 Å². The fourth-order valence-corrected chi connectivity index (χ4v) is 4.55. The Labute approximate surface area is 156 Å². The van der Waals surface area contributed by atoms with Gasteiger partial charge in [-0.05, 0) is 24.6 Å². The van der Waals surface area contributed by atoms with Crippen molar-refractivity contribution in [3.05, 3.63) is 28.2 Å². The van der Waals surface area contributed by atoms with Gasteiger partial charge in [0.2, 0.25) is 0 Å². The van der Waals surface area contributed by atoms with Gasteiger partial charge in [-0.25, -0.2) is 8.42 Å². The van der Waals surface area contributed by atoms with Gasteiger partial charge >= 0.3 is 0 Å². The maximum atomic E-state index is 12.0. The van der Waals surface area contributed by atoms with Crippen LogP contribution in [0.15, 0.2) is 18.2 Å². The van der Waals surface area contributed by atoms with Gasteiger partial charge in [0.15, 0.2) is 22.9 Å². The average Bonchev–Trinajstić information content (AvgIpc) is 2.81. The van der Waals surface area contributed by atoms with Crippen molar-refractivity contribution in [2.24, 2.45) is 0 Å². The number of quaternary nitrogens is 1. The molecule has 1 aromatic carbocycles. The van der Waals surface area contributed by atoms with Crippen LogP contribution in [0.5, 0.6) is 0 Å². The van der Waals surface area contributed by atoms with E-state index in [4.69, 9.17) is 23.2 Å². The number of anilines is 1. The van der Waals surface area contributed by atoms with Crippen molar-refractivity contribution in [1.29, 1.82) is 0 Å². The number of rotatable bonds is 6. The second kappa shape index (κ2) is 8.35. The Hall–Kier alpha value is -1.35. The first-order chi connectivity index (χ1) is 11.6. The summed E-state index contributed by atoms with van der Waals surface area (Å²) >= 11 is 11.7. The zero-order valence-electron chi connectivity index (χ0n) is 13.6. The van der Waals surface area contributed by atoms with E-state index in [-0.39, 0.29) is 42.5 Å². The summed E-state index contributed by atoms with van der Waals surface area (Å²) in [6.07, 6.45) is 0.435. The van der Waals surface area contributed by atoms with Crippen LogP contribution in [0.25, 0.3) is 0 Å². The van der Waals surface area contributed by atoms with E-state index in [1.54, 1.807) is 25.2 Å². The number of nitrogens with one attached hydrogen (secondary N) is 3. The Morgan fingerprint density at radius 3 is 2.48 bits per heavy atom. The van der Waals surface area contributed by atoms with Crippen LogP contribution in [0.4, 0.5) is 5.69 Å². The van der Waals surface area contributed by atoms with E-state index in [2.05, 4.69) is 10.6 Å². The largest absolute Gasteiger partial charge is 0.347 e. The SMILES string of the molecule is C[NH+](CC(=O)Nc1ccc(Cl)c(Cl)c1)CC(=O)N[C@@H]1CCS(=O)(=O)C1. The van der Waals surface area contributed by atoms with Gasteiger partial charge in [0.05, 0.1) is 28.6 Å². The van der Waals surface area contributed by atoms with Crippen LogP contribution in [0.2, 0.25) is 10.0 Å². The Kier molecular flexibility index (Phi) is 6.67. The van der Waals surface area contributed by atoms with Crippen molar-refractivity contribution in [1.82, 2.24) is 5.32 Å². The minimum atomic E-state index is -3.04. The van der Waals surface area contributed by atoms with Crippen LogP contribution in [-0.4, -0.2) is 57.9 Å². The highest BCUT2D eigenvalue weighted by Gasteiger charge is 2.29. The van der Waals surface area contributed by atoms with E-state index >= 15 is 0 Å². The highest BCUT2D eigenvalue weighted by Crippen LogP contribution is 2.24. The lowest BCUT2D eigenvalue weighted by Crippen LogP contribution is -3.11. The number of hydrogen-bond acceptors (Lipinski definition) is 4. The molecule has 3 N–H and O–H groups in total. The van der Waals surface area contributed by atoms with E-state index in [0.717, 1.165) is 0 Å². The topological polar surface area (TPSA) is 96.8 Å². The molecule has 0 aromatic heterocycles. The molecule has 0 bridgehead atoms. The predicted octanol–water partition coefficient (Wildman–Crippen LogP) is -0.250. The average molecular weight is 409 g/mol. The second-order valence-electron chi connectivity index (χ2n) is 6.16. The summed E-state index contributed by atoms with van der Waals surface area (Å²) in [5.74, 6) is -0.462. The molecule has 2 rings (SSSR count). The molecule has 1 aromatic rings. The first-order valence-corrected chi connectivity index (χ1v) is 10.3. The molecular weight excluding hydrogens is 389 g/mol. The molecule has 10 heteroatoms. The lowest BCUT2D eigenvalue weighted by atomic mass is 10.2. The fraction of sp³-hybridized carbons (Fsp3) is 0.467. The molecule has 7 nitrogen and oxygen atoms in total. The third-order valence-electron chi connectivity index (χ3n) is 3.73. The molecule has 0 radical (unpaired) electrons. The number of halogens is 2. The van der Waals surface area contributed by atoms with Gasteiger partial charge in [-0.2, -0.15) is 0 Å². The number of hydrogen-bond donors (Lipinski definition) is 3. The molecule has 0 aliphatic carbocycles. The molecule has 2 atom stereocenters. The monoisotopic (exact) mass is 408 g/mol. The van der Waals surface area contributed by atoms with Crippen molar-refractivity contribution in [2.45, 2.75) is 12.5 Å². The molecule has 0 saturated carbocycles. The van der Waals surface area contributed by atoms with E-state index in [1.165, 1.54) is 0 Å². The summed E-state index contributed by atoms with van der Waals surface area (Å²) in [6, 6.07) is 4.42. The quantitative estimate of drug-likeness (QED) is 0.604. The molecule has 0 spiro atoms. The van der Waals surface area contributed by atoms with E-state index in [0.29, 0.717) is 27.1 Å². The molecule has 1 fully saturated rings. The normalized spacial score (nSPS) is 20.0. The molecule has 1 aliphatic heterocycles. The smallest absolute Gasteiger partial charge is 0.279 e. The molecule has 1 aliphatic rings. The van der Waals surface area contributed by atoms with Crippen LogP contribution in [0.1, 0.15) is 6.42 Å². The Morgan fingerprint density at radius 1 is 1.20 bits per heavy atom. The van der Waals surface area contributed by atoms with Crippen molar-refractivity contribution < 1.29 is 22.9 Å². The van der Waals surface area contributed by atoms with Crippen LogP contribution >= 0.6 is 23.2 Å². The van der Waals surface area contributed by atoms with Crippen LogP contribution in [0.3, 0.4) is 0 Å². The number of amides is 2. The Balaban J connectivity index is 1.77. The van der Waals surface area contributed by atoms with Gasteiger partial charge in [0.25, 0.3) is 11.8 Å². The van der Waals surface area contributed by atoms with Gasteiger partial charge in [0.1, 0.15) is 0 Å². The van der Waals surface area contributed by atoms with E-state index in [9.17, 15) is 18.0 Å². The molecular formula is C15H20Cl2N3O4S+. The van der Waals surface area contributed by atoms with Crippen molar-refractivity contribution >= 4 is 50.5 Å². The van der Waals surface area contributed by atoms with E-state index in [1.807, 2.05) is 0 Å². The fourth-order valence-electron chi connectivity index (χ4n) is 2.58. The number of sulfone groups is 1. The maximum absolute atomic E-state index is 12.0. The van der Waals surface area contributed by atoms with Crippen molar-refractivity contribution in [3.8, 4) is 0 Å². The predicted molar refractivity (Wildman–Crippen MR) is 96.9 cm³/mol. The summed E-state index contributed by atoms with van der Waals surface area (Å²) in [4.78, 5) is 24.6. The van der Waals surface area contributed by atoms with Crippen molar-refractivity contribution in [2.75, 3.05) is 37.0 Å². The molecule has 138 valence electrons. The van der Waals surface area contributed by atoms with Crippen LogP contribution in [-0.2, 0) is 19.4 Å². The van der Waals surface area contributed by atoms with Crippen LogP contribution < -0.4 is 15.5 Å². The lowest BCUT2D eigenvalue weighted by Gasteiger charge is -2.16. The number of carbonyl (C=O) groups is 2. The van der Waals surface area contributed by atoms with Gasteiger partial charge < -0.3 is 15.5 Å². The Morgan fingerprint density at radius 2 is 1.88 bits per heavy atom. The minimum Gasteiger partial charge on any atom is -0.347 e. The van der Waals surface area contributed by atoms with Gasteiger partial charge in [-0.3, -0.25) is 9.59 Å². The standard InChI is InChI=1S/C15H19Cl2N3O4S/c1-20(8-15(22)19-11-4-5-25(23,24)9-11)7-14(21)18-10-2-3-12(16)13(17)6-10/h2-3,6,11H,4-5,7-9H2,1H3,(H,18,21)(H,19,22)/p+1/t11-/m1/s1. The zero-order valence-corrected chi connectivity index (χ0v) is 16.0. The summed E-state index contributed by atoms with van der Waals surface area (Å²) < 4.78 is 22.8. The number of carbonyl (C=O) groups excluding carboxylic acids is 2. The third kappa shape index (κ3) is 6.47. The Bertz CT molecular complexity index is 770. The van der Waals surface area contributed by atoms with Gasteiger partial charge in [0, 0.05) is 11.7 Å². The molecule has 2 amide bonds. The summed E-state index contributed by atoms with van der Waals surface area (Å²) in [5, 5.41) is 6.12. The summed E-state index contributed by atoms with van der Waals surface area (Å²) in [5.41, 5.74) is 0.521. The van der Waals surface area contributed by atoms with Crippen molar-refractivity contribution in [3.63, 3.8) is 0 Å². The van der Waals surface area contributed by atoms with E-state index < -0.39 is 9.84 Å². The molecule has 25 heavy (non-hydrogen) atoms. The highest BCUT2D eigenvalue weighted by atomic mass is 35.5.